The van der Waals surface area contributed by atoms with E-state index in [2.05, 4.69) is 5.32 Å². The van der Waals surface area contributed by atoms with Gasteiger partial charge in [0.2, 0.25) is 11.8 Å². The van der Waals surface area contributed by atoms with Crippen LogP contribution in [0.2, 0.25) is 5.02 Å². The average Bonchev–Trinajstić information content (AvgIpc) is 2.94. The van der Waals surface area contributed by atoms with E-state index in [0.717, 1.165) is 12.1 Å². The average molecular weight is 612 g/mol. The lowest BCUT2D eigenvalue weighted by molar-refractivity contribution is -0.139. The Morgan fingerprint density at radius 2 is 1.66 bits per heavy atom. The van der Waals surface area contributed by atoms with Crippen LogP contribution < -0.4 is 14.4 Å². The van der Waals surface area contributed by atoms with Crippen LogP contribution in [0.1, 0.15) is 25.0 Å². The van der Waals surface area contributed by atoms with E-state index in [-0.39, 0.29) is 18.0 Å². The van der Waals surface area contributed by atoms with Crippen molar-refractivity contribution in [1.82, 2.24) is 10.2 Å². The highest BCUT2D eigenvalue weighted by molar-refractivity contribution is 7.92. The third kappa shape index (κ3) is 7.70. The van der Waals surface area contributed by atoms with Crippen LogP contribution in [0.3, 0.4) is 0 Å². The van der Waals surface area contributed by atoms with Gasteiger partial charge in [-0.1, -0.05) is 41.9 Å². The Morgan fingerprint density at radius 3 is 2.22 bits per heavy atom. The van der Waals surface area contributed by atoms with Crippen LogP contribution in [-0.2, 0) is 32.3 Å². The maximum atomic E-state index is 13.8. The van der Waals surface area contributed by atoms with Crippen molar-refractivity contribution in [3.63, 3.8) is 0 Å². The number of nitrogens with zero attached hydrogens (tertiary/aromatic N) is 2. The Bertz CT molecular complexity index is 1470. The second kappa shape index (κ2) is 13.3. The fourth-order valence-electron chi connectivity index (χ4n) is 3.97. The second-order valence-corrected chi connectivity index (χ2v) is 11.2. The van der Waals surface area contributed by atoms with E-state index in [0.29, 0.717) is 21.7 Å². The van der Waals surface area contributed by atoms with Crippen LogP contribution in [0.5, 0.6) is 5.75 Å². The van der Waals surface area contributed by atoms with Crippen molar-refractivity contribution in [2.24, 2.45) is 0 Å². The van der Waals surface area contributed by atoms with Crippen molar-refractivity contribution < 1.29 is 35.9 Å². The molecule has 3 rings (SSSR count). The van der Waals surface area contributed by atoms with E-state index < -0.39 is 56.9 Å². The second-order valence-electron chi connectivity index (χ2n) is 8.93. The van der Waals surface area contributed by atoms with Gasteiger partial charge in [-0.2, -0.15) is 13.2 Å². The number of hydrogen-bond acceptors (Lipinski definition) is 5. The fourth-order valence-corrected chi connectivity index (χ4v) is 5.62. The molecular weight excluding hydrogens is 583 g/mol. The van der Waals surface area contributed by atoms with Gasteiger partial charge in [-0.15, -0.1) is 0 Å². The molecule has 1 unspecified atom stereocenters. The number of ether oxygens (including phenoxy) is 1. The van der Waals surface area contributed by atoms with Gasteiger partial charge in [-0.25, -0.2) is 8.42 Å². The minimum atomic E-state index is -4.88. The highest BCUT2D eigenvalue weighted by atomic mass is 35.5. The van der Waals surface area contributed by atoms with Crippen molar-refractivity contribution in [1.29, 1.82) is 0 Å². The molecule has 3 aromatic carbocycles. The molecule has 2 amide bonds. The predicted molar refractivity (Wildman–Crippen MR) is 149 cm³/mol. The first kappa shape index (κ1) is 31.8. The number of carbonyl (C=O) groups is 2. The van der Waals surface area contributed by atoms with E-state index in [1.165, 1.54) is 43.2 Å². The normalized spacial score (nSPS) is 12.4. The van der Waals surface area contributed by atoms with E-state index in [1.54, 1.807) is 37.3 Å². The van der Waals surface area contributed by atoms with Gasteiger partial charge in [0.15, 0.2) is 0 Å². The molecule has 3 aromatic rings. The van der Waals surface area contributed by atoms with Crippen molar-refractivity contribution in [2.45, 2.75) is 37.5 Å². The lowest BCUT2D eigenvalue weighted by Gasteiger charge is -2.32. The third-order valence-corrected chi connectivity index (χ3v) is 8.30. The zero-order chi connectivity index (χ0) is 30.4. The fraction of sp³-hybridized carbons (Fsp3) is 0.286. The van der Waals surface area contributed by atoms with Crippen LogP contribution in [0, 0.1) is 0 Å². The van der Waals surface area contributed by atoms with Gasteiger partial charge < -0.3 is 15.0 Å². The minimum Gasteiger partial charge on any atom is -0.497 e. The Labute approximate surface area is 241 Å². The van der Waals surface area contributed by atoms with Gasteiger partial charge in [-0.05, 0) is 61.9 Å². The Hall–Kier alpha value is -3.77. The third-order valence-electron chi connectivity index (χ3n) is 6.18. The molecule has 220 valence electrons. The highest BCUT2D eigenvalue weighted by Gasteiger charge is 2.36. The van der Waals surface area contributed by atoms with E-state index in [4.69, 9.17) is 16.3 Å². The molecular formula is C28H29ClF3N3O5S. The monoisotopic (exact) mass is 611 g/mol. The van der Waals surface area contributed by atoms with E-state index in [1.807, 2.05) is 0 Å². The van der Waals surface area contributed by atoms with E-state index >= 15 is 0 Å². The number of hydrogen-bond donors (Lipinski definition) is 1. The molecule has 0 fully saturated rings. The summed E-state index contributed by atoms with van der Waals surface area (Å²) in [7, 11) is -3.05. The SMILES string of the molecule is CCNC(=O)C(C)N(Cc1ccc(OC)cc1)C(=O)CN(c1ccc(Cl)c(C(F)(F)F)c1)S(=O)(=O)c1ccccc1. The number of alkyl halides is 3. The molecule has 0 aromatic heterocycles. The van der Waals surface area contributed by atoms with Gasteiger partial charge >= 0.3 is 6.18 Å². The molecule has 0 saturated carbocycles. The molecule has 0 aliphatic rings. The molecule has 0 saturated heterocycles. The maximum Gasteiger partial charge on any atom is 0.417 e. The zero-order valence-corrected chi connectivity index (χ0v) is 24.1. The number of sulfonamides is 1. The lowest BCUT2D eigenvalue weighted by Crippen LogP contribution is -2.51. The topological polar surface area (TPSA) is 96.0 Å². The number of nitrogens with one attached hydrogen (secondary N) is 1. The maximum absolute atomic E-state index is 13.8. The van der Waals surface area contributed by atoms with Gasteiger partial charge in [0.1, 0.15) is 18.3 Å². The number of benzene rings is 3. The smallest absolute Gasteiger partial charge is 0.417 e. The molecule has 0 aliphatic heterocycles. The Morgan fingerprint density at radius 1 is 1.02 bits per heavy atom. The van der Waals surface area contributed by atoms with Crippen molar-refractivity contribution in [3.05, 3.63) is 88.9 Å². The molecule has 41 heavy (non-hydrogen) atoms. The molecule has 0 radical (unpaired) electrons. The first-order chi connectivity index (χ1) is 19.3. The van der Waals surface area contributed by atoms with Crippen LogP contribution in [-0.4, -0.2) is 51.4 Å². The molecule has 1 N–H and O–H groups in total. The number of carbonyl (C=O) groups excluding carboxylic acids is 2. The van der Waals surface area contributed by atoms with Gasteiger partial charge in [-0.3, -0.25) is 13.9 Å². The Kier molecular flexibility index (Phi) is 10.3. The summed E-state index contributed by atoms with van der Waals surface area (Å²) in [6, 6.07) is 15.2. The van der Waals surface area contributed by atoms with Crippen LogP contribution >= 0.6 is 11.6 Å². The zero-order valence-electron chi connectivity index (χ0n) is 22.5. The first-order valence-corrected chi connectivity index (χ1v) is 14.3. The molecule has 0 spiro atoms. The summed E-state index contributed by atoms with van der Waals surface area (Å²) in [5.74, 6) is -0.744. The van der Waals surface area contributed by atoms with Crippen LogP contribution in [0.25, 0.3) is 0 Å². The number of methoxy groups -OCH3 is 1. The largest absolute Gasteiger partial charge is 0.497 e. The summed E-state index contributed by atoms with van der Waals surface area (Å²) in [5, 5.41) is 2.00. The van der Waals surface area contributed by atoms with E-state index in [9.17, 15) is 31.2 Å². The van der Waals surface area contributed by atoms with Gasteiger partial charge in [0.25, 0.3) is 10.0 Å². The summed E-state index contributed by atoms with van der Waals surface area (Å²) in [6.07, 6.45) is -4.88. The summed E-state index contributed by atoms with van der Waals surface area (Å²) in [5.41, 5.74) is -1.07. The summed E-state index contributed by atoms with van der Waals surface area (Å²) >= 11 is 5.77. The highest BCUT2D eigenvalue weighted by Crippen LogP contribution is 2.38. The van der Waals surface area contributed by atoms with Crippen LogP contribution in [0.15, 0.2) is 77.7 Å². The number of amides is 2. The number of halogens is 4. The standard InChI is InChI=1S/C28H29ClF3N3O5S/c1-4-33-27(37)19(2)34(17-20-10-13-22(40-3)14-11-20)26(36)18-35(41(38,39)23-8-6-5-7-9-23)21-12-15-25(29)24(16-21)28(30,31)32/h5-16,19H,4,17-18H2,1-3H3,(H,33,37). The number of likely N-dealkylation sites (N-methyl/N-ethyl adjacent to an activating group) is 1. The van der Waals surface area contributed by atoms with Crippen molar-refractivity contribution in [3.8, 4) is 5.75 Å². The first-order valence-electron chi connectivity index (χ1n) is 12.4. The Balaban J connectivity index is 2.09. The van der Waals surface area contributed by atoms with Crippen molar-refractivity contribution >= 4 is 39.1 Å². The molecule has 0 aliphatic carbocycles. The lowest BCUT2D eigenvalue weighted by atomic mass is 10.1. The molecule has 0 heterocycles. The molecule has 13 heteroatoms. The van der Waals surface area contributed by atoms with Crippen molar-refractivity contribution in [2.75, 3.05) is 24.5 Å². The minimum absolute atomic E-state index is 0.0885. The predicted octanol–water partition coefficient (Wildman–Crippen LogP) is 5.12. The van der Waals surface area contributed by atoms with Gasteiger partial charge in [0.05, 0.1) is 28.3 Å². The summed E-state index contributed by atoms with van der Waals surface area (Å²) in [4.78, 5) is 27.5. The molecule has 8 nitrogen and oxygen atoms in total. The number of rotatable bonds is 11. The summed E-state index contributed by atoms with van der Waals surface area (Å²) in [6.45, 7) is 2.48. The number of anilines is 1. The molecule has 1 atom stereocenters. The summed E-state index contributed by atoms with van der Waals surface area (Å²) < 4.78 is 74.2. The molecule has 0 bridgehead atoms. The van der Waals surface area contributed by atoms with Crippen LogP contribution in [0.4, 0.5) is 18.9 Å². The van der Waals surface area contributed by atoms with Gasteiger partial charge in [0, 0.05) is 13.1 Å². The quantitative estimate of drug-likeness (QED) is 0.325.